The van der Waals surface area contributed by atoms with E-state index in [0.717, 1.165) is 12.2 Å². The summed E-state index contributed by atoms with van der Waals surface area (Å²) in [7, 11) is 0. The molecule has 1 heterocycles. The maximum absolute atomic E-state index is 9.87. The third-order valence-corrected chi connectivity index (χ3v) is 3.73. The molecular formula is C18H20O3. The highest BCUT2D eigenvalue weighted by Gasteiger charge is 2.25. The highest BCUT2D eigenvalue weighted by Crippen LogP contribution is 2.19. The van der Waals surface area contributed by atoms with Gasteiger partial charge < -0.3 is 14.6 Å². The fraction of sp³-hybridized carbons (Fsp3) is 0.333. The standard InChI is InChI=1S/C18H20O3/c19-17-10-11-20-13-18(17)21-16-8-6-15(7-9-16)12-14-4-2-1-3-5-14/h1-9,17-19H,10-13H2. The molecule has 0 amide bonds. The van der Waals surface area contributed by atoms with Gasteiger partial charge in [-0.1, -0.05) is 42.5 Å². The molecule has 2 aromatic carbocycles. The van der Waals surface area contributed by atoms with Gasteiger partial charge in [0.2, 0.25) is 0 Å². The Bertz CT molecular complexity index is 550. The van der Waals surface area contributed by atoms with E-state index in [-0.39, 0.29) is 6.10 Å². The first-order chi connectivity index (χ1) is 10.3. The van der Waals surface area contributed by atoms with Gasteiger partial charge in [-0.15, -0.1) is 0 Å². The van der Waals surface area contributed by atoms with Gasteiger partial charge in [0.15, 0.2) is 0 Å². The third-order valence-electron chi connectivity index (χ3n) is 3.73. The lowest BCUT2D eigenvalue weighted by atomic mass is 10.1. The Morgan fingerprint density at radius 3 is 2.43 bits per heavy atom. The second-order valence-corrected chi connectivity index (χ2v) is 5.39. The van der Waals surface area contributed by atoms with E-state index in [1.807, 2.05) is 18.2 Å². The maximum Gasteiger partial charge on any atom is 0.148 e. The highest BCUT2D eigenvalue weighted by atomic mass is 16.5. The molecular weight excluding hydrogens is 264 g/mol. The molecule has 21 heavy (non-hydrogen) atoms. The number of hydrogen-bond acceptors (Lipinski definition) is 3. The molecule has 1 saturated heterocycles. The van der Waals surface area contributed by atoms with E-state index in [1.54, 1.807) is 0 Å². The molecule has 0 radical (unpaired) electrons. The first kappa shape index (κ1) is 14.1. The van der Waals surface area contributed by atoms with Crippen LogP contribution in [0, 0.1) is 0 Å². The minimum atomic E-state index is -0.442. The Hall–Kier alpha value is -1.84. The van der Waals surface area contributed by atoms with Crippen molar-refractivity contribution in [2.24, 2.45) is 0 Å². The normalized spacial score (nSPS) is 22.0. The quantitative estimate of drug-likeness (QED) is 0.938. The summed E-state index contributed by atoms with van der Waals surface area (Å²) in [5.41, 5.74) is 2.54. The molecule has 0 spiro atoms. The summed E-state index contributed by atoms with van der Waals surface area (Å²) in [6, 6.07) is 18.4. The smallest absolute Gasteiger partial charge is 0.148 e. The van der Waals surface area contributed by atoms with Gasteiger partial charge in [0.25, 0.3) is 0 Å². The summed E-state index contributed by atoms with van der Waals surface area (Å²) < 4.78 is 11.1. The molecule has 0 saturated carbocycles. The van der Waals surface area contributed by atoms with Crippen LogP contribution < -0.4 is 4.74 Å². The van der Waals surface area contributed by atoms with Crippen molar-refractivity contribution in [3.05, 3.63) is 65.7 Å². The second kappa shape index (κ2) is 6.74. The van der Waals surface area contributed by atoms with E-state index < -0.39 is 6.10 Å². The van der Waals surface area contributed by atoms with Gasteiger partial charge in [0.05, 0.1) is 12.7 Å². The summed E-state index contributed by atoms with van der Waals surface area (Å²) in [6.07, 6.45) is 0.842. The first-order valence-corrected chi connectivity index (χ1v) is 7.36. The van der Waals surface area contributed by atoms with Crippen molar-refractivity contribution in [2.75, 3.05) is 13.2 Å². The molecule has 0 aromatic heterocycles. The summed E-state index contributed by atoms with van der Waals surface area (Å²) in [5.74, 6) is 0.779. The zero-order valence-electron chi connectivity index (χ0n) is 11.9. The van der Waals surface area contributed by atoms with Gasteiger partial charge in [0, 0.05) is 13.0 Å². The number of aliphatic hydroxyl groups excluding tert-OH is 1. The fourth-order valence-electron chi connectivity index (χ4n) is 2.51. The van der Waals surface area contributed by atoms with E-state index >= 15 is 0 Å². The maximum atomic E-state index is 9.87. The van der Waals surface area contributed by atoms with E-state index in [4.69, 9.17) is 9.47 Å². The monoisotopic (exact) mass is 284 g/mol. The van der Waals surface area contributed by atoms with E-state index in [9.17, 15) is 5.11 Å². The van der Waals surface area contributed by atoms with Crippen LogP contribution in [0.4, 0.5) is 0 Å². The second-order valence-electron chi connectivity index (χ2n) is 5.39. The van der Waals surface area contributed by atoms with Gasteiger partial charge in [-0.2, -0.15) is 0 Å². The van der Waals surface area contributed by atoms with Crippen molar-refractivity contribution in [1.82, 2.24) is 0 Å². The molecule has 2 unspecified atom stereocenters. The van der Waals surface area contributed by atoms with Gasteiger partial charge in [-0.05, 0) is 29.7 Å². The molecule has 3 nitrogen and oxygen atoms in total. The molecule has 1 aliphatic rings. The number of aliphatic hydroxyl groups is 1. The zero-order chi connectivity index (χ0) is 14.5. The van der Waals surface area contributed by atoms with Crippen LogP contribution in [-0.2, 0) is 11.2 Å². The molecule has 2 atom stereocenters. The van der Waals surface area contributed by atoms with Crippen LogP contribution >= 0.6 is 0 Å². The van der Waals surface area contributed by atoms with Crippen LogP contribution in [-0.4, -0.2) is 30.5 Å². The Balaban J connectivity index is 1.61. The van der Waals surface area contributed by atoms with Crippen LogP contribution in [0.25, 0.3) is 0 Å². The SMILES string of the molecule is OC1CCOCC1Oc1ccc(Cc2ccccc2)cc1. The minimum absolute atomic E-state index is 0.265. The first-order valence-electron chi connectivity index (χ1n) is 7.36. The Labute approximate surface area is 125 Å². The summed E-state index contributed by atoms with van der Waals surface area (Å²) >= 11 is 0. The number of rotatable bonds is 4. The summed E-state index contributed by atoms with van der Waals surface area (Å²) in [4.78, 5) is 0. The lowest BCUT2D eigenvalue weighted by Gasteiger charge is -2.28. The Morgan fingerprint density at radius 2 is 1.71 bits per heavy atom. The zero-order valence-corrected chi connectivity index (χ0v) is 11.9. The summed E-state index contributed by atoms with van der Waals surface area (Å²) in [6.45, 7) is 1.06. The van der Waals surface area contributed by atoms with Crippen molar-refractivity contribution >= 4 is 0 Å². The summed E-state index contributed by atoms with van der Waals surface area (Å²) in [5, 5.41) is 9.87. The van der Waals surface area contributed by atoms with Crippen LogP contribution in [0.5, 0.6) is 5.75 Å². The van der Waals surface area contributed by atoms with Gasteiger partial charge >= 0.3 is 0 Å². The molecule has 0 bridgehead atoms. The Kier molecular flexibility index (Phi) is 4.53. The molecule has 1 aliphatic heterocycles. The number of hydrogen-bond donors (Lipinski definition) is 1. The molecule has 3 rings (SSSR count). The van der Waals surface area contributed by atoms with E-state index in [2.05, 4.69) is 36.4 Å². The lowest BCUT2D eigenvalue weighted by molar-refractivity contribution is -0.0735. The molecule has 3 heteroatoms. The molecule has 2 aromatic rings. The van der Waals surface area contributed by atoms with Crippen LogP contribution in [0.3, 0.4) is 0 Å². The minimum Gasteiger partial charge on any atom is -0.485 e. The van der Waals surface area contributed by atoms with Crippen molar-refractivity contribution in [1.29, 1.82) is 0 Å². The van der Waals surface area contributed by atoms with Gasteiger partial charge in [0.1, 0.15) is 11.9 Å². The lowest BCUT2D eigenvalue weighted by Crippen LogP contribution is -2.40. The fourth-order valence-corrected chi connectivity index (χ4v) is 2.51. The van der Waals surface area contributed by atoms with Crippen molar-refractivity contribution in [2.45, 2.75) is 25.0 Å². The number of ether oxygens (including phenoxy) is 2. The van der Waals surface area contributed by atoms with E-state index in [1.165, 1.54) is 11.1 Å². The topological polar surface area (TPSA) is 38.7 Å². The predicted octanol–water partition coefficient (Wildman–Crippen LogP) is 2.81. The Morgan fingerprint density at radius 1 is 1.00 bits per heavy atom. The molecule has 1 fully saturated rings. The molecule has 110 valence electrons. The van der Waals surface area contributed by atoms with Crippen molar-refractivity contribution in [3.8, 4) is 5.75 Å². The highest BCUT2D eigenvalue weighted by molar-refractivity contribution is 5.31. The van der Waals surface area contributed by atoms with Gasteiger partial charge in [-0.3, -0.25) is 0 Å². The average Bonchev–Trinajstić information content (AvgIpc) is 2.52. The van der Waals surface area contributed by atoms with Crippen LogP contribution in [0.1, 0.15) is 17.5 Å². The third kappa shape index (κ3) is 3.84. The largest absolute Gasteiger partial charge is 0.485 e. The van der Waals surface area contributed by atoms with Crippen molar-refractivity contribution < 1.29 is 14.6 Å². The van der Waals surface area contributed by atoms with Crippen LogP contribution in [0.2, 0.25) is 0 Å². The molecule has 0 aliphatic carbocycles. The van der Waals surface area contributed by atoms with E-state index in [0.29, 0.717) is 19.6 Å². The number of benzene rings is 2. The van der Waals surface area contributed by atoms with Crippen molar-refractivity contribution in [3.63, 3.8) is 0 Å². The molecule has 1 N–H and O–H groups in total. The predicted molar refractivity (Wildman–Crippen MR) is 81.5 cm³/mol. The van der Waals surface area contributed by atoms with Gasteiger partial charge in [-0.25, -0.2) is 0 Å². The van der Waals surface area contributed by atoms with Crippen LogP contribution in [0.15, 0.2) is 54.6 Å². The average molecular weight is 284 g/mol.